The van der Waals surface area contributed by atoms with E-state index >= 15 is 0 Å². The van der Waals surface area contributed by atoms with Gasteiger partial charge in [0.05, 0.1) is 22.8 Å². The fourth-order valence-corrected chi connectivity index (χ4v) is 4.50. The number of benzene rings is 1. The number of aromatic amines is 1. The Morgan fingerprint density at radius 3 is 2.66 bits per heavy atom. The van der Waals surface area contributed by atoms with E-state index in [4.69, 9.17) is 16.6 Å². The van der Waals surface area contributed by atoms with Crippen molar-refractivity contribution in [1.82, 2.24) is 15.0 Å². The molecular weight excluding hydrogens is 399 g/mol. The highest BCUT2D eigenvalue weighted by Gasteiger charge is 2.38. The number of rotatable bonds is 7. The summed E-state index contributed by atoms with van der Waals surface area (Å²) < 4.78 is 38.6. The van der Waals surface area contributed by atoms with Crippen LogP contribution in [0.1, 0.15) is 55.5 Å². The van der Waals surface area contributed by atoms with E-state index in [-0.39, 0.29) is 5.02 Å². The van der Waals surface area contributed by atoms with Crippen molar-refractivity contribution in [1.29, 1.82) is 0 Å². The van der Waals surface area contributed by atoms with E-state index in [0.29, 0.717) is 24.2 Å². The molecule has 29 heavy (non-hydrogen) atoms. The third kappa shape index (κ3) is 4.42. The molecule has 1 fully saturated rings. The zero-order chi connectivity index (χ0) is 20.6. The van der Waals surface area contributed by atoms with Gasteiger partial charge in [-0.3, -0.25) is 4.98 Å². The molecule has 2 atom stereocenters. The first-order valence-electron chi connectivity index (χ1n) is 10.0. The van der Waals surface area contributed by atoms with Crippen LogP contribution in [0.2, 0.25) is 5.02 Å². The van der Waals surface area contributed by atoms with E-state index in [9.17, 15) is 13.2 Å². The van der Waals surface area contributed by atoms with Gasteiger partial charge in [0, 0.05) is 17.1 Å². The van der Waals surface area contributed by atoms with Crippen LogP contribution in [0.25, 0.3) is 11.0 Å². The summed E-state index contributed by atoms with van der Waals surface area (Å²) in [6, 6.07) is 5.56. The van der Waals surface area contributed by atoms with Crippen LogP contribution in [0.15, 0.2) is 36.7 Å². The molecule has 1 saturated carbocycles. The maximum atomic E-state index is 12.9. The maximum absolute atomic E-state index is 12.9. The molecule has 4 rings (SSSR count). The van der Waals surface area contributed by atoms with Crippen LogP contribution < -0.4 is 0 Å². The van der Waals surface area contributed by atoms with Gasteiger partial charge in [0.15, 0.2) is 0 Å². The highest BCUT2D eigenvalue weighted by atomic mass is 35.5. The fraction of sp³-hybridized carbons (Fsp3) is 0.455. The number of nitrogens with zero attached hydrogens (tertiary/aromatic N) is 2. The number of pyridine rings is 1. The van der Waals surface area contributed by atoms with Crippen molar-refractivity contribution >= 4 is 22.6 Å². The topological polar surface area (TPSA) is 41.6 Å². The van der Waals surface area contributed by atoms with Crippen LogP contribution in [0.5, 0.6) is 0 Å². The number of alkyl halides is 3. The summed E-state index contributed by atoms with van der Waals surface area (Å²) >= 11 is 6.16. The maximum Gasteiger partial charge on any atom is 0.416 e. The van der Waals surface area contributed by atoms with E-state index in [1.807, 2.05) is 6.07 Å². The molecule has 0 radical (unpaired) electrons. The second kappa shape index (κ2) is 7.98. The van der Waals surface area contributed by atoms with Gasteiger partial charge in [-0.2, -0.15) is 13.2 Å². The number of aryl methyl sites for hydroxylation is 1. The predicted molar refractivity (Wildman–Crippen MR) is 108 cm³/mol. The molecule has 3 aromatic rings. The first-order chi connectivity index (χ1) is 13.9. The number of hydrogen-bond acceptors (Lipinski definition) is 2. The van der Waals surface area contributed by atoms with Gasteiger partial charge in [-0.1, -0.05) is 31.0 Å². The lowest BCUT2D eigenvalue weighted by molar-refractivity contribution is -0.137. The summed E-state index contributed by atoms with van der Waals surface area (Å²) in [5.41, 5.74) is 1.92. The van der Waals surface area contributed by atoms with Crippen molar-refractivity contribution in [2.45, 2.75) is 51.1 Å². The summed E-state index contributed by atoms with van der Waals surface area (Å²) in [7, 11) is 0. The number of fused-ring (bicyclic) bond motifs is 1. The third-order valence-corrected chi connectivity index (χ3v) is 6.30. The van der Waals surface area contributed by atoms with E-state index in [2.05, 4.69) is 16.9 Å². The smallest absolute Gasteiger partial charge is 0.340 e. The van der Waals surface area contributed by atoms with Gasteiger partial charge in [0.25, 0.3) is 0 Å². The molecule has 2 unspecified atom stereocenters. The van der Waals surface area contributed by atoms with Gasteiger partial charge < -0.3 is 4.98 Å². The van der Waals surface area contributed by atoms with E-state index in [1.54, 1.807) is 12.4 Å². The first-order valence-corrected chi connectivity index (χ1v) is 10.4. The minimum absolute atomic E-state index is 0.187. The molecular formula is C22H23ClF3N3. The van der Waals surface area contributed by atoms with Crippen molar-refractivity contribution < 1.29 is 13.2 Å². The molecule has 3 nitrogen and oxygen atoms in total. The summed E-state index contributed by atoms with van der Waals surface area (Å²) in [4.78, 5) is 12.4. The summed E-state index contributed by atoms with van der Waals surface area (Å²) in [5.74, 6) is 2.31. The Kier molecular flexibility index (Phi) is 5.56. The van der Waals surface area contributed by atoms with E-state index in [1.165, 1.54) is 18.9 Å². The minimum Gasteiger partial charge on any atom is -0.340 e. The van der Waals surface area contributed by atoms with Gasteiger partial charge in [0.2, 0.25) is 0 Å². The van der Waals surface area contributed by atoms with Crippen LogP contribution >= 0.6 is 11.6 Å². The van der Waals surface area contributed by atoms with Crippen molar-refractivity contribution in [3.8, 4) is 0 Å². The Bertz CT molecular complexity index is 961. The summed E-state index contributed by atoms with van der Waals surface area (Å²) in [6.07, 6.45) is 4.03. The Morgan fingerprint density at radius 2 is 2.03 bits per heavy atom. The molecule has 2 heterocycles. The van der Waals surface area contributed by atoms with Gasteiger partial charge in [-0.15, -0.1) is 0 Å². The third-order valence-electron chi connectivity index (χ3n) is 5.94. The van der Waals surface area contributed by atoms with Gasteiger partial charge in [-0.25, -0.2) is 4.98 Å². The molecule has 1 aromatic carbocycles. The fourth-order valence-electron chi connectivity index (χ4n) is 4.23. The molecule has 7 heteroatoms. The highest BCUT2D eigenvalue weighted by molar-refractivity contribution is 6.31. The lowest BCUT2D eigenvalue weighted by atomic mass is 9.81. The molecule has 0 spiro atoms. The molecule has 1 N–H and O–H groups in total. The molecule has 0 aliphatic heterocycles. The van der Waals surface area contributed by atoms with Crippen LogP contribution in [0.3, 0.4) is 0 Å². The van der Waals surface area contributed by atoms with Crippen molar-refractivity contribution in [2.75, 3.05) is 0 Å². The van der Waals surface area contributed by atoms with Crippen LogP contribution in [-0.2, 0) is 12.6 Å². The Labute approximate surface area is 172 Å². The van der Waals surface area contributed by atoms with Crippen molar-refractivity contribution in [3.05, 3.63) is 58.6 Å². The Hall–Kier alpha value is -2.08. The average molecular weight is 422 g/mol. The van der Waals surface area contributed by atoms with Crippen molar-refractivity contribution in [2.24, 2.45) is 11.8 Å². The van der Waals surface area contributed by atoms with Gasteiger partial charge in [0.1, 0.15) is 5.82 Å². The molecule has 0 amide bonds. The lowest BCUT2D eigenvalue weighted by Crippen LogP contribution is -2.17. The molecule has 0 bridgehead atoms. The number of aromatic nitrogens is 3. The summed E-state index contributed by atoms with van der Waals surface area (Å²) in [5, 5.41) is 0.187. The first kappa shape index (κ1) is 20.2. The SMILES string of the molecule is CCC(CCc1ccc(C(F)(F)F)cc1Cl)C(c1nc2ccncc2[nH]1)C1CC1. The highest BCUT2D eigenvalue weighted by Crippen LogP contribution is 2.48. The standard InChI is InChI=1S/C22H23ClF3N3/c1-2-13(3-4-14-7-8-16(11-17(14)23)22(24,25)26)20(15-5-6-15)21-28-18-9-10-27-12-19(18)29-21/h7-13,15,20H,2-6H2,1H3,(H,28,29). The molecule has 154 valence electrons. The van der Waals surface area contributed by atoms with Crippen LogP contribution in [0.4, 0.5) is 13.2 Å². The second-order valence-corrected chi connectivity index (χ2v) is 8.30. The monoisotopic (exact) mass is 421 g/mol. The van der Waals surface area contributed by atoms with E-state index < -0.39 is 11.7 Å². The normalized spacial score (nSPS) is 16.9. The molecule has 2 aromatic heterocycles. The van der Waals surface area contributed by atoms with Crippen molar-refractivity contribution in [3.63, 3.8) is 0 Å². The number of halogens is 4. The average Bonchev–Trinajstić information content (AvgIpc) is 3.42. The van der Waals surface area contributed by atoms with Gasteiger partial charge >= 0.3 is 6.18 Å². The minimum atomic E-state index is -4.37. The zero-order valence-corrected chi connectivity index (χ0v) is 16.9. The number of hydrogen-bond donors (Lipinski definition) is 1. The van der Waals surface area contributed by atoms with Crippen LogP contribution in [-0.4, -0.2) is 15.0 Å². The molecule has 1 aliphatic carbocycles. The quantitative estimate of drug-likeness (QED) is 0.456. The Balaban J connectivity index is 1.53. The van der Waals surface area contributed by atoms with Gasteiger partial charge in [-0.05, 0) is 61.3 Å². The van der Waals surface area contributed by atoms with E-state index in [0.717, 1.165) is 47.4 Å². The number of H-pyrrole nitrogens is 1. The second-order valence-electron chi connectivity index (χ2n) is 7.89. The summed E-state index contributed by atoms with van der Waals surface area (Å²) in [6.45, 7) is 2.17. The number of nitrogens with one attached hydrogen (secondary N) is 1. The Morgan fingerprint density at radius 1 is 1.24 bits per heavy atom. The zero-order valence-electron chi connectivity index (χ0n) is 16.1. The molecule has 0 saturated heterocycles. The predicted octanol–water partition coefficient (Wildman–Crippen LogP) is 6.78. The lowest BCUT2D eigenvalue weighted by Gasteiger charge is -2.25. The largest absolute Gasteiger partial charge is 0.416 e. The molecule has 1 aliphatic rings. The van der Waals surface area contributed by atoms with Crippen LogP contribution in [0, 0.1) is 11.8 Å². The number of imidazole rings is 1.